The number of hydrogen-bond acceptors (Lipinski definition) is 2. The van der Waals surface area contributed by atoms with Crippen molar-refractivity contribution in [2.45, 2.75) is 43.3 Å². The van der Waals surface area contributed by atoms with Gasteiger partial charge < -0.3 is 10.4 Å². The minimum Gasteiger partial charge on any atom is -0.482 e. The van der Waals surface area contributed by atoms with Gasteiger partial charge in [0, 0.05) is 11.4 Å². The topological polar surface area (TPSA) is 49.3 Å². The Morgan fingerprint density at radius 3 is 1.93 bits per heavy atom. The van der Waals surface area contributed by atoms with Gasteiger partial charge in [0.1, 0.15) is 0 Å². The average Bonchev–Trinajstić information content (AvgIpc) is 1.99. The summed E-state index contributed by atoms with van der Waals surface area (Å²) in [6.45, 7) is 5.57. The molecule has 3 nitrogen and oxygen atoms in total. The molecular weight excluding hydrogens is 185 g/mol. The molecule has 2 N–H and O–H groups in total. The first-order valence-electron chi connectivity index (χ1n) is 4.58. The van der Waals surface area contributed by atoms with Crippen LogP contribution in [0.2, 0.25) is 11.0 Å². The maximum Gasteiger partial charge on any atom is 0.296 e. The molecule has 8 radical (unpaired) electrons. The molecule has 74 valence electrons. The third-order valence-corrected chi connectivity index (χ3v) is 1.93. The molecule has 0 bridgehead atoms. The highest BCUT2D eigenvalue weighted by molar-refractivity contribution is 6.50. The highest BCUT2D eigenvalue weighted by atomic mass is 16.4. The normalized spacial score (nSPS) is 17.0. The van der Waals surface area contributed by atoms with E-state index in [1.54, 1.807) is 0 Å². The number of nitrogens with one attached hydrogen (secondary N) is 1. The van der Waals surface area contributed by atoms with Gasteiger partial charge in [-0.25, -0.2) is 0 Å². The molecule has 0 aliphatic rings. The van der Waals surface area contributed by atoms with E-state index >= 15 is 0 Å². The molecule has 0 aromatic heterocycles. The molecule has 0 aliphatic heterocycles. The van der Waals surface area contributed by atoms with E-state index < -0.39 is 22.9 Å². The van der Waals surface area contributed by atoms with Crippen molar-refractivity contribution in [2.24, 2.45) is 0 Å². The van der Waals surface area contributed by atoms with Crippen molar-refractivity contribution in [3.05, 3.63) is 0 Å². The van der Waals surface area contributed by atoms with Crippen LogP contribution in [0.3, 0.4) is 0 Å². The average molecular weight is 198 g/mol. The predicted octanol–water partition coefficient (Wildman–Crippen LogP) is -0.636. The zero-order valence-corrected chi connectivity index (χ0v) is 9.32. The Labute approximate surface area is 96.4 Å². The van der Waals surface area contributed by atoms with Crippen molar-refractivity contribution in [3.63, 3.8) is 0 Å². The molecule has 15 heavy (non-hydrogen) atoms. The molecule has 0 rings (SSSR count). The first kappa shape index (κ1) is 14.7. The smallest absolute Gasteiger partial charge is 0.296 e. The Bertz CT molecular complexity index is 239. The van der Waals surface area contributed by atoms with E-state index in [0.29, 0.717) is 0 Å². The third kappa shape index (κ3) is 4.37. The summed E-state index contributed by atoms with van der Waals surface area (Å²) in [5, 5.41) is 9.87. The van der Waals surface area contributed by atoms with E-state index in [9.17, 15) is 4.79 Å². The summed E-state index contributed by atoms with van der Waals surface area (Å²) in [6.07, 6.45) is 0. The SMILES string of the molecule is [B]C(NC(C)(C)C)C([B])([B])C([B])C(=O)O. The molecular formula is C8H13B4NO2. The number of carboxylic acids is 1. The maximum atomic E-state index is 10.6. The van der Waals surface area contributed by atoms with Crippen LogP contribution in [0.25, 0.3) is 0 Å². The number of carbonyl (C=O) groups is 1. The Morgan fingerprint density at radius 2 is 1.67 bits per heavy atom. The van der Waals surface area contributed by atoms with Crippen LogP contribution in [0.4, 0.5) is 0 Å². The second kappa shape index (κ2) is 4.69. The van der Waals surface area contributed by atoms with Gasteiger partial charge in [-0.2, -0.15) is 0 Å². The molecule has 2 atom stereocenters. The fourth-order valence-corrected chi connectivity index (χ4v) is 0.999. The zero-order chi connectivity index (χ0) is 12.4. The van der Waals surface area contributed by atoms with Gasteiger partial charge in [0.05, 0.1) is 31.4 Å². The Hall–Kier alpha value is -0.310. The van der Waals surface area contributed by atoms with Gasteiger partial charge in [-0.05, 0) is 26.7 Å². The lowest BCUT2D eigenvalue weighted by Crippen LogP contribution is -2.52. The number of aliphatic carboxylic acids is 1. The number of rotatable bonds is 4. The van der Waals surface area contributed by atoms with Crippen molar-refractivity contribution < 1.29 is 9.90 Å². The van der Waals surface area contributed by atoms with Crippen molar-refractivity contribution in [1.82, 2.24) is 5.32 Å². The highest BCUT2D eigenvalue weighted by Gasteiger charge is 2.35. The van der Waals surface area contributed by atoms with Crippen molar-refractivity contribution in [2.75, 3.05) is 0 Å². The molecule has 0 spiro atoms. The molecule has 0 saturated heterocycles. The zero-order valence-electron chi connectivity index (χ0n) is 9.32. The summed E-state index contributed by atoms with van der Waals surface area (Å²) >= 11 is 0. The van der Waals surface area contributed by atoms with Gasteiger partial charge in [0.25, 0.3) is 5.97 Å². The van der Waals surface area contributed by atoms with Crippen molar-refractivity contribution in [3.8, 4) is 0 Å². The van der Waals surface area contributed by atoms with Gasteiger partial charge in [-0.1, -0.05) is 5.21 Å². The summed E-state index contributed by atoms with van der Waals surface area (Å²) in [5.41, 5.74) is -0.332. The first-order valence-corrected chi connectivity index (χ1v) is 4.58. The van der Waals surface area contributed by atoms with Crippen LogP contribution in [0.5, 0.6) is 0 Å². The molecule has 0 aromatic carbocycles. The van der Waals surface area contributed by atoms with E-state index in [1.165, 1.54) is 0 Å². The quantitative estimate of drug-likeness (QED) is 0.591. The van der Waals surface area contributed by atoms with Crippen LogP contribution in [0, 0.1) is 0 Å². The summed E-state index contributed by atoms with van der Waals surface area (Å²) in [4.78, 5) is 10.6. The van der Waals surface area contributed by atoms with E-state index in [1.807, 2.05) is 20.8 Å². The molecule has 0 fully saturated rings. The van der Waals surface area contributed by atoms with Crippen LogP contribution in [-0.2, 0) is 4.79 Å². The monoisotopic (exact) mass is 199 g/mol. The molecule has 0 aromatic rings. The summed E-state index contributed by atoms with van der Waals surface area (Å²) < 4.78 is 0. The van der Waals surface area contributed by atoms with Gasteiger partial charge >= 0.3 is 0 Å². The maximum absolute atomic E-state index is 10.6. The minimum atomic E-state index is -1.71. The van der Waals surface area contributed by atoms with Gasteiger partial charge in [0.15, 0.2) is 0 Å². The molecule has 0 aliphatic carbocycles. The minimum absolute atomic E-state index is 0.332. The van der Waals surface area contributed by atoms with E-state index in [4.69, 9.17) is 36.5 Å². The van der Waals surface area contributed by atoms with Gasteiger partial charge in [-0.3, -0.25) is 4.79 Å². The fraction of sp³-hybridized carbons (Fsp3) is 0.875. The number of carboxylic acid groups (broad SMARTS) is 1. The fourth-order valence-electron chi connectivity index (χ4n) is 0.999. The van der Waals surface area contributed by atoms with Gasteiger partial charge in [0.2, 0.25) is 0 Å². The molecule has 0 amide bonds. The van der Waals surface area contributed by atoms with E-state index in [2.05, 4.69) is 5.32 Å². The number of hydrogen-bond donors (Lipinski definition) is 2. The summed E-state index contributed by atoms with van der Waals surface area (Å²) in [7, 11) is 22.2. The van der Waals surface area contributed by atoms with Crippen LogP contribution in [0.1, 0.15) is 20.8 Å². The molecule has 7 heteroatoms. The Morgan fingerprint density at radius 1 is 1.27 bits per heavy atom. The predicted molar refractivity (Wildman–Crippen MR) is 63.8 cm³/mol. The van der Waals surface area contributed by atoms with E-state index in [0.717, 1.165) is 0 Å². The lowest BCUT2D eigenvalue weighted by Gasteiger charge is -2.41. The van der Waals surface area contributed by atoms with Crippen LogP contribution < -0.4 is 5.32 Å². The molecule has 2 unspecified atom stereocenters. The second-order valence-corrected chi connectivity index (χ2v) is 4.69. The first-order chi connectivity index (χ1) is 6.48. The van der Waals surface area contributed by atoms with Crippen molar-refractivity contribution >= 4 is 37.4 Å². The second-order valence-electron chi connectivity index (χ2n) is 4.69. The third-order valence-electron chi connectivity index (χ3n) is 1.93. The molecule has 0 heterocycles. The highest BCUT2D eigenvalue weighted by Crippen LogP contribution is 2.34. The Balaban J connectivity index is 4.65. The van der Waals surface area contributed by atoms with Crippen LogP contribution in [0.15, 0.2) is 0 Å². The largest absolute Gasteiger partial charge is 0.482 e. The van der Waals surface area contributed by atoms with Crippen LogP contribution >= 0.6 is 0 Å². The lowest BCUT2D eigenvalue weighted by molar-refractivity contribution is -0.137. The summed E-state index contributed by atoms with van der Waals surface area (Å²) in [6, 6.07) is 0. The van der Waals surface area contributed by atoms with E-state index in [-0.39, 0.29) is 5.54 Å². The van der Waals surface area contributed by atoms with Crippen LogP contribution in [-0.4, -0.2) is 53.9 Å². The molecule has 0 saturated carbocycles. The van der Waals surface area contributed by atoms with Crippen molar-refractivity contribution in [1.29, 1.82) is 0 Å². The standard InChI is InChI=1S/C8H13B4NO2/c1-7(2,3)13-6(10)8(11,12)4(9)5(14)15/h4,6,13H,1-3H3,(H,14,15). The van der Waals surface area contributed by atoms with Gasteiger partial charge in [-0.15, -0.1) is 0 Å². The lowest BCUT2D eigenvalue weighted by atomic mass is 9.37. The Kier molecular flexibility index (Phi) is 4.59. The summed E-state index contributed by atoms with van der Waals surface area (Å²) in [5.74, 6) is -3.63.